The Balaban J connectivity index is 1.35. The summed E-state index contributed by atoms with van der Waals surface area (Å²) in [6, 6.07) is 24.8. The van der Waals surface area contributed by atoms with Gasteiger partial charge in [-0.05, 0) is 45.2 Å². The SMILES string of the molecule is CC(C)(C)c1ccc(-c2cnc(-c3ccc(CC(NC(=O)c4ccc(C(C)(C)C)s4)C(=O)NC(C(=O)O)C(O)c4ccccc4)cc3)nc2)cc1. The van der Waals surface area contributed by atoms with E-state index in [4.69, 9.17) is 0 Å². The van der Waals surface area contributed by atoms with Gasteiger partial charge in [-0.3, -0.25) is 9.59 Å². The molecule has 0 aliphatic carbocycles. The molecule has 0 bridgehead atoms. The lowest BCUT2D eigenvalue weighted by Gasteiger charge is -2.24. The van der Waals surface area contributed by atoms with E-state index in [0.29, 0.717) is 21.8 Å². The number of aliphatic carboxylic acids is 1. The molecule has 10 heteroatoms. The van der Waals surface area contributed by atoms with E-state index in [9.17, 15) is 24.6 Å². The van der Waals surface area contributed by atoms with Crippen molar-refractivity contribution in [2.45, 2.75) is 77.0 Å². The van der Waals surface area contributed by atoms with Crippen molar-refractivity contribution in [3.63, 3.8) is 0 Å². The minimum atomic E-state index is -1.65. The average Bonchev–Trinajstić information content (AvgIpc) is 3.62. The number of amides is 2. The molecule has 0 aliphatic rings. The number of carboxylic acid groups (broad SMARTS) is 1. The zero-order valence-corrected chi connectivity index (χ0v) is 30.5. The highest BCUT2D eigenvalue weighted by Crippen LogP contribution is 2.30. The monoisotopic (exact) mass is 704 g/mol. The second-order valence-corrected chi connectivity index (χ2v) is 15.7. The quantitative estimate of drug-likeness (QED) is 0.115. The Morgan fingerprint density at radius 3 is 1.88 bits per heavy atom. The van der Waals surface area contributed by atoms with Crippen LogP contribution in [-0.2, 0) is 26.8 Å². The molecule has 0 aliphatic heterocycles. The maximum atomic E-state index is 13.7. The number of hydrogen-bond acceptors (Lipinski definition) is 7. The molecule has 9 nitrogen and oxygen atoms in total. The average molecular weight is 705 g/mol. The van der Waals surface area contributed by atoms with E-state index in [0.717, 1.165) is 21.6 Å². The van der Waals surface area contributed by atoms with Crippen LogP contribution in [0.4, 0.5) is 0 Å². The fourth-order valence-electron chi connectivity index (χ4n) is 5.49. The molecule has 0 fully saturated rings. The third kappa shape index (κ3) is 9.33. The van der Waals surface area contributed by atoms with Gasteiger partial charge >= 0.3 is 5.97 Å². The number of carbonyl (C=O) groups is 3. The third-order valence-corrected chi connectivity index (χ3v) is 10.1. The van der Waals surface area contributed by atoms with Gasteiger partial charge < -0.3 is 20.8 Å². The van der Waals surface area contributed by atoms with Crippen molar-refractivity contribution >= 4 is 29.1 Å². The van der Waals surface area contributed by atoms with E-state index in [1.54, 1.807) is 48.8 Å². The lowest BCUT2D eigenvalue weighted by Crippen LogP contribution is -2.54. The molecule has 4 N–H and O–H groups in total. The molecular weight excluding hydrogens is 661 g/mol. The van der Waals surface area contributed by atoms with Gasteiger partial charge in [0, 0.05) is 34.8 Å². The lowest BCUT2D eigenvalue weighted by atomic mass is 9.86. The molecule has 264 valence electrons. The molecule has 5 aromatic rings. The van der Waals surface area contributed by atoms with Crippen LogP contribution in [0, 0.1) is 0 Å². The van der Waals surface area contributed by atoms with E-state index in [1.807, 2.05) is 30.3 Å². The molecule has 3 unspecified atom stereocenters. The first-order chi connectivity index (χ1) is 24.1. The van der Waals surface area contributed by atoms with Crippen molar-refractivity contribution in [2.24, 2.45) is 0 Å². The summed E-state index contributed by atoms with van der Waals surface area (Å²) >= 11 is 1.34. The summed E-state index contributed by atoms with van der Waals surface area (Å²) in [4.78, 5) is 50.0. The summed E-state index contributed by atoms with van der Waals surface area (Å²) in [5.41, 5.74) is 4.89. The van der Waals surface area contributed by atoms with E-state index in [2.05, 4.69) is 86.4 Å². The van der Waals surface area contributed by atoms with Crippen molar-refractivity contribution < 1.29 is 24.6 Å². The van der Waals surface area contributed by atoms with Gasteiger partial charge in [0.15, 0.2) is 11.9 Å². The maximum Gasteiger partial charge on any atom is 0.329 e. The number of nitrogens with one attached hydrogen (secondary N) is 2. The molecular formula is C41H44N4O5S. The Bertz CT molecular complexity index is 1960. The first-order valence-corrected chi connectivity index (χ1v) is 17.6. The number of rotatable bonds is 11. The smallest absolute Gasteiger partial charge is 0.329 e. The summed E-state index contributed by atoms with van der Waals surface area (Å²) in [5.74, 6) is -2.07. The molecule has 51 heavy (non-hydrogen) atoms. The fraction of sp³-hybridized carbons (Fsp3) is 0.293. The molecule has 0 radical (unpaired) electrons. The van der Waals surface area contributed by atoms with E-state index in [1.165, 1.54) is 16.9 Å². The molecule has 0 saturated heterocycles. The zero-order valence-electron chi connectivity index (χ0n) is 29.7. The van der Waals surface area contributed by atoms with Gasteiger partial charge in [0.25, 0.3) is 5.91 Å². The maximum absolute atomic E-state index is 13.7. The van der Waals surface area contributed by atoms with Crippen LogP contribution in [0.25, 0.3) is 22.5 Å². The number of aliphatic hydroxyl groups is 1. The highest BCUT2D eigenvalue weighted by Gasteiger charge is 2.33. The second-order valence-electron chi connectivity index (χ2n) is 14.6. The first-order valence-electron chi connectivity index (χ1n) is 16.8. The van der Waals surface area contributed by atoms with Gasteiger partial charge in [-0.15, -0.1) is 11.3 Å². The molecule has 0 saturated carbocycles. The second kappa shape index (κ2) is 15.4. The normalized spacial score (nSPS) is 13.5. The number of aromatic nitrogens is 2. The predicted molar refractivity (Wildman–Crippen MR) is 201 cm³/mol. The molecule has 2 heterocycles. The van der Waals surface area contributed by atoms with Gasteiger partial charge in [0.2, 0.25) is 5.91 Å². The van der Waals surface area contributed by atoms with E-state index >= 15 is 0 Å². The zero-order chi connectivity index (χ0) is 36.9. The number of hydrogen-bond donors (Lipinski definition) is 4. The van der Waals surface area contributed by atoms with E-state index < -0.39 is 36.0 Å². The van der Waals surface area contributed by atoms with Gasteiger partial charge in [-0.2, -0.15) is 0 Å². The molecule has 2 aromatic heterocycles. The van der Waals surface area contributed by atoms with Crippen molar-refractivity contribution in [3.05, 3.63) is 130 Å². The minimum absolute atomic E-state index is 0.0619. The van der Waals surface area contributed by atoms with Crippen molar-refractivity contribution in [1.82, 2.24) is 20.6 Å². The third-order valence-electron chi connectivity index (χ3n) is 8.60. The summed E-state index contributed by atoms with van der Waals surface area (Å²) in [7, 11) is 0. The minimum Gasteiger partial charge on any atom is -0.480 e. The number of carbonyl (C=O) groups excluding carboxylic acids is 2. The molecule has 5 rings (SSSR count). The summed E-state index contributed by atoms with van der Waals surface area (Å²) in [6.07, 6.45) is 2.13. The first kappa shape index (κ1) is 37.1. The number of thiophene rings is 1. The fourth-order valence-corrected chi connectivity index (χ4v) is 6.46. The highest BCUT2D eigenvalue weighted by molar-refractivity contribution is 7.14. The van der Waals surface area contributed by atoms with Gasteiger partial charge in [0.05, 0.1) is 4.88 Å². The van der Waals surface area contributed by atoms with Gasteiger partial charge in [-0.25, -0.2) is 14.8 Å². The van der Waals surface area contributed by atoms with Crippen LogP contribution in [0.5, 0.6) is 0 Å². The Hall–Kier alpha value is -5.19. The highest BCUT2D eigenvalue weighted by atomic mass is 32.1. The Morgan fingerprint density at radius 1 is 0.725 bits per heavy atom. The van der Waals surface area contributed by atoms with Crippen molar-refractivity contribution in [3.8, 4) is 22.5 Å². The van der Waals surface area contributed by atoms with Crippen LogP contribution < -0.4 is 10.6 Å². The van der Waals surface area contributed by atoms with Crippen LogP contribution in [0.3, 0.4) is 0 Å². The Labute approximate surface area is 302 Å². The molecule has 3 atom stereocenters. The van der Waals surface area contributed by atoms with Gasteiger partial charge in [0.1, 0.15) is 12.1 Å². The number of aliphatic hydroxyl groups excluding tert-OH is 1. The summed E-state index contributed by atoms with van der Waals surface area (Å²) < 4.78 is 0. The topological polar surface area (TPSA) is 142 Å². The number of nitrogens with zero attached hydrogens (tertiary/aromatic N) is 2. The van der Waals surface area contributed by atoms with E-state index in [-0.39, 0.29) is 17.3 Å². The standard InChI is InChI=1S/C41H44N4O5S/c1-40(2,3)30-18-16-26(17-19-30)29-23-42-36(43-24-29)28-14-12-25(13-15-28)22-31(44-38(48)32-20-21-33(51-32)41(4,5)6)37(47)45-34(39(49)50)35(46)27-10-8-7-9-11-27/h7-21,23-24,31,34-35,46H,22H2,1-6H3,(H,44,48)(H,45,47)(H,49,50). The predicted octanol–water partition coefficient (Wildman–Crippen LogP) is 7.11. The Kier molecular flexibility index (Phi) is 11.2. The summed E-state index contributed by atoms with van der Waals surface area (Å²) in [5, 5.41) is 26.1. The van der Waals surface area contributed by atoms with Crippen molar-refractivity contribution in [2.75, 3.05) is 0 Å². The van der Waals surface area contributed by atoms with Gasteiger partial charge in [-0.1, -0.05) is 120 Å². The van der Waals surface area contributed by atoms with Crippen LogP contribution in [0.2, 0.25) is 0 Å². The van der Waals surface area contributed by atoms with Crippen molar-refractivity contribution in [1.29, 1.82) is 0 Å². The Morgan fingerprint density at radius 2 is 1.33 bits per heavy atom. The molecule has 0 spiro atoms. The lowest BCUT2D eigenvalue weighted by molar-refractivity contribution is -0.145. The van der Waals surface area contributed by atoms with Crippen LogP contribution in [-0.4, -0.2) is 50.0 Å². The number of benzene rings is 3. The van der Waals surface area contributed by atoms with Crippen LogP contribution in [0.1, 0.15) is 78.9 Å². The molecule has 3 aromatic carbocycles. The largest absolute Gasteiger partial charge is 0.480 e. The summed E-state index contributed by atoms with van der Waals surface area (Å²) in [6.45, 7) is 12.7. The molecule has 2 amide bonds. The number of carboxylic acids is 1. The van der Waals surface area contributed by atoms with Crippen LogP contribution in [0.15, 0.2) is 103 Å². The van der Waals surface area contributed by atoms with Crippen LogP contribution >= 0.6 is 11.3 Å².